The molecule has 21 heavy (non-hydrogen) atoms. The van der Waals surface area contributed by atoms with Crippen LogP contribution in [0.15, 0.2) is 42.5 Å². The number of benzene rings is 2. The summed E-state index contributed by atoms with van der Waals surface area (Å²) in [6.45, 7) is 3.36. The second kappa shape index (κ2) is 7.28. The van der Waals surface area contributed by atoms with Crippen LogP contribution in [0, 0.1) is 6.92 Å². The van der Waals surface area contributed by atoms with E-state index in [0.717, 1.165) is 27.7 Å². The van der Waals surface area contributed by atoms with Crippen LogP contribution >= 0.6 is 23.2 Å². The van der Waals surface area contributed by atoms with Gasteiger partial charge in [-0.1, -0.05) is 47.5 Å². The van der Waals surface area contributed by atoms with Gasteiger partial charge in [-0.05, 0) is 48.9 Å². The van der Waals surface area contributed by atoms with Crippen LogP contribution in [0.5, 0.6) is 0 Å². The Balaban J connectivity index is 2.15. The van der Waals surface area contributed by atoms with Crippen LogP contribution < -0.4 is 5.73 Å². The van der Waals surface area contributed by atoms with Crippen molar-refractivity contribution in [2.24, 2.45) is 5.73 Å². The lowest BCUT2D eigenvalue weighted by atomic mass is 10.0. The van der Waals surface area contributed by atoms with E-state index in [2.05, 4.69) is 18.0 Å². The first kappa shape index (κ1) is 16.3. The Kier molecular flexibility index (Phi) is 5.65. The number of hydrogen-bond donors (Lipinski definition) is 1. The largest absolute Gasteiger partial charge is 0.329 e. The molecule has 0 saturated carbocycles. The maximum Gasteiger partial charge on any atom is 0.0471 e. The smallest absolute Gasteiger partial charge is 0.0471 e. The lowest BCUT2D eigenvalue weighted by Crippen LogP contribution is -2.30. The van der Waals surface area contributed by atoms with E-state index in [1.807, 2.05) is 43.3 Å². The van der Waals surface area contributed by atoms with E-state index in [1.54, 1.807) is 0 Å². The topological polar surface area (TPSA) is 29.3 Å². The molecule has 0 saturated heterocycles. The standard InChI is InChI=1S/C17H20Cl2N2/c1-12-3-6-14(9-16(12)19)17(10-20)21(2)11-13-4-7-15(18)8-5-13/h3-9,17H,10-11,20H2,1-2H3. The van der Waals surface area contributed by atoms with E-state index >= 15 is 0 Å². The molecule has 0 heterocycles. The second-order valence-electron chi connectivity index (χ2n) is 5.30. The van der Waals surface area contributed by atoms with Gasteiger partial charge in [-0.2, -0.15) is 0 Å². The molecular weight excluding hydrogens is 303 g/mol. The van der Waals surface area contributed by atoms with Crippen LogP contribution in [-0.4, -0.2) is 18.5 Å². The SMILES string of the molecule is Cc1ccc(C(CN)N(C)Cc2ccc(Cl)cc2)cc1Cl. The van der Waals surface area contributed by atoms with Crippen molar-refractivity contribution in [1.82, 2.24) is 4.90 Å². The normalized spacial score (nSPS) is 12.7. The Morgan fingerprint density at radius 2 is 1.76 bits per heavy atom. The lowest BCUT2D eigenvalue weighted by molar-refractivity contribution is 0.242. The highest BCUT2D eigenvalue weighted by molar-refractivity contribution is 6.31. The van der Waals surface area contributed by atoms with Gasteiger partial charge in [0.1, 0.15) is 0 Å². The fourth-order valence-electron chi connectivity index (χ4n) is 2.37. The lowest BCUT2D eigenvalue weighted by Gasteiger charge is -2.27. The summed E-state index contributed by atoms with van der Waals surface area (Å²) in [6, 6.07) is 14.2. The van der Waals surface area contributed by atoms with Gasteiger partial charge >= 0.3 is 0 Å². The third kappa shape index (κ3) is 4.21. The maximum atomic E-state index is 6.22. The molecule has 4 heteroatoms. The Morgan fingerprint density at radius 1 is 1.10 bits per heavy atom. The molecule has 2 aromatic carbocycles. The molecule has 2 N–H and O–H groups in total. The molecule has 1 atom stereocenters. The van der Waals surface area contributed by atoms with Crippen molar-refractivity contribution in [3.63, 3.8) is 0 Å². The van der Waals surface area contributed by atoms with E-state index in [0.29, 0.717) is 6.54 Å². The Bertz CT molecular complexity index is 596. The van der Waals surface area contributed by atoms with Crippen LogP contribution in [0.4, 0.5) is 0 Å². The Labute approximate surface area is 136 Å². The van der Waals surface area contributed by atoms with Crippen molar-refractivity contribution >= 4 is 23.2 Å². The van der Waals surface area contributed by atoms with Gasteiger partial charge in [-0.15, -0.1) is 0 Å². The number of aryl methyl sites for hydroxylation is 1. The summed E-state index contributed by atoms with van der Waals surface area (Å²) in [4.78, 5) is 2.23. The van der Waals surface area contributed by atoms with Crippen LogP contribution in [0.2, 0.25) is 10.0 Å². The summed E-state index contributed by atoms with van der Waals surface area (Å²) in [5, 5.41) is 1.54. The van der Waals surface area contributed by atoms with Crippen LogP contribution in [0.3, 0.4) is 0 Å². The van der Waals surface area contributed by atoms with Crippen molar-refractivity contribution < 1.29 is 0 Å². The van der Waals surface area contributed by atoms with E-state index in [-0.39, 0.29) is 6.04 Å². The quantitative estimate of drug-likeness (QED) is 0.882. The van der Waals surface area contributed by atoms with E-state index in [9.17, 15) is 0 Å². The molecule has 1 unspecified atom stereocenters. The van der Waals surface area contributed by atoms with Crippen molar-refractivity contribution in [2.45, 2.75) is 19.5 Å². The first-order chi connectivity index (χ1) is 10.0. The molecular formula is C17H20Cl2N2. The van der Waals surface area contributed by atoms with Crippen molar-refractivity contribution in [2.75, 3.05) is 13.6 Å². The van der Waals surface area contributed by atoms with Crippen molar-refractivity contribution in [3.05, 3.63) is 69.2 Å². The fourth-order valence-corrected chi connectivity index (χ4v) is 2.69. The van der Waals surface area contributed by atoms with Gasteiger partial charge in [0.15, 0.2) is 0 Å². The zero-order chi connectivity index (χ0) is 15.4. The number of rotatable bonds is 5. The van der Waals surface area contributed by atoms with Crippen molar-refractivity contribution in [1.29, 1.82) is 0 Å². The number of halogens is 2. The van der Waals surface area contributed by atoms with Gasteiger partial charge in [0.25, 0.3) is 0 Å². The number of likely N-dealkylation sites (N-methyl/N-ethyl adjacent to an activating group) is 1. The highest BCUT2D eigenvalue weighted by Crippen LogP contribution is 2.25. The molecule has 0 spiro atoms. The van der Waals surface area contributed by atoms with Crippen LogP contribution in [0.1, 0.15) is 22.7 Å². The molecule has 0 aliphatic heterocycles. The molecule has 0 amide bonds. The molecule has 0 aliphatic rings. The minimum absolute atomic E-state index is 0.138. The third-order valence-electron chi connectivity index (χ3n) is 3.68. The minimum atomic E-state index is 0.138. The Morgan fingerprint density at radius 3 is 2.33 bits per heavy atom. The summed E-state index contributed by atoms with van der Waals surface area (Å²) in [5.74, 6) is 0. The summed E-state index contributed by atoms with van der Waals surface area (Å²) in [7, 11) is 2.07. The monoisotopic (exact) mass is 322 g/mol. The summed E-state index contributed by atoms with van der Waals surface area (Å²) in [5.41, 5.74) is 9.40. The molecule has 0 fully saturated rings. The first-order valence-electron chi connectivity index (χ1n) is 6.92. The zero-order valence-corrected chi connectivity index (χ0v) is 13.8. The van der Waals surface area contributed by atoms with Crippen LogP contribution in [-0.2, 0) is 6.54 Å². The number of nitrogens with two attached hydrogens (primary N) is 1. The molecule has 0 aromatic heterocycles. The third-order valence-corrected chi connectivity index (χ3v) is 4.34. The predicted molar refractivity (Wildman–Crippen MR) is 90.9 cm³/mol. The molecule has 2 aromatic rings. The molecule has 112 valence electrons. The van der Waals surface area contributed by atoms with Gasteiger partial charge in [-0.25, -0.2) is 0 Å². The highest BCUT2D eigenvalue weighted by atomic mass is 35.5. The minimum Gasteiger partial charge on any atom is -0.329 e. The molecule has 0 aliphatic carbocycles. The van der Waals surface area contributed by atoms with E-state index < -0.39 is 0 Å². The van der Waals surface area contributed by atoms with Crippen LogP contribution in [0.25, 0.3) is 0 Å². The first-order valence-corrected chi connectivity index (χ1v) is 7.67. The van der Waals surface area contributed by atoms with Gasteiger partial charge in [-0.3, -0.25) is 4.90 Å². The van der Waals surface area contributed by atoms with Gasteiger partial charge in [0.05, 0.1) is 0 Å². The van der Waals surface area contributed by atoms with Gasteiger partial charge in [0, 0.05) is 29.2 Å². The molecule has 2 rings (SSSR count). The zero-order valence-electron chi connectivity index (χ0n) is 12.3. The molecule has 2 nitrogen and oxygen atoms in total. The van der Waals surface area contributed by atoms with E-state index in [4.69, 9.17) is 28.9 Å². The van der Waals surface area contributed by atoms with E-state index in [1.165, 1.54) is 5.56 Å². The average molecular weight is 323 g/mol. The predicted octanol–water partition coefficient (Wildman–Crippen LogP) is 4.43. The highest BCUT2D eigenvalue weighted by Gasteiger charge is 2.16. The summed E-state index contributed by atoms with van der Waals surface area (Å²) >= 11 is 12.1. The van der Waals surface area contributed by atoms with Gasteiger partial charge < -0.3 is 5.73 Å². The maximum absolute atomic E-state index is 6.22. The number of nitrogens with zero attached hydrogens (tertiary/aromatic N) is 1. The number of hydrogen-bond acceptors (Lipinski definition) is 2. The van der Waals surface area contributed by atoms with Crippen molar-refractivity contribution in [3.8, 4) is 0 Å². The average Bonchev–Trinajstić information content (AvgIpc) is 2.46. The molecule has 0 radical (unpaired) electrons. The Hall–Kier alpha value is -1.06. The summed E-state index contributed by atoms with van der Waals surface area (Å²) < 4.78 is 0. The second-order valence-corrected chi connectivity index (χ2v) is 6.15. The fraction of sp³-hybridized carbons (Fsp3) is 0.294. The summed E-state index contributed by atoms with van der Waals surface area (Å²) in [6.07, 6.45) is 0. The van der Waals surface area contributed by atoms with Gasteiger partial charge in [0.2, 0.25) is 0 Å². The molecule has 0 bridgehead atoms.